The van der Waals surface area contributed by atoms with Gasteiger partial charge in [-0.15, -0.1) is 0 Å². The van der Waals surface area contributed by atoms with Crippen molar-refractivity contribution in [3.05, 3.63) is 29.8 Å². The molecule has 2 N–H and O–H groups in total. The van der Waals surface area contributed by atoms with Crippen molar-refractivity contribution < 1.29 is 0 Å². The van der Waals surface area contributed by atoms with Crippen molar-refractivity contribution in [3.8, 4) is 0 Å². The van der Waals surface area contributed by atoms with E-state index >= 15 is 0 Å². The van der Waals surface area contributed by atoms with E-state index in [1.165, 1.54) is 43.7 Å². The van der Waals surface area contributed by atoms with Crippen LogP contribution in [0.3, 0.4) is 0 Å². The minimum atomic E-state index is 0.128. The first-order chi connectivity index (χ1) is 9.71. The fourth-order valence-electron chi connectivity index (χ4n) is 4.30. The van der Waals surface area contributed by atoms with Crippen LogP contribution in [0, 0.1) is 12.8 Å². The molecule has 3 aliphatic rings. The molecule has 1 spiro atoms. The maximum Gasteiger partial charge on any atom is 0.196 e. The molecular formula is C16H22N4. The second kappa shape index (κ2) is 4.22. The molecule has 1 aromatic rings. The molecule has 0 aromatic heterocycles. The summed E-state index contributed by atoms with van der Waals surface area (Å²) in [7, 11) is 0. The number of nitrogens with zero attached hydrogens (tertiary/aromatic N) is 3. The molecular weight excluding hydrogens is 248 g/mol. The quantitative estimate of drug-likeness (QED) is 0.843. The smallest absolute Gasteiger partial charge is 0.196 e. The van der Waals surface area contributed by atoms with E-state index in [1.54, 1.807) is 0 Å². The van der Waals surface area contributed by atoms with Gasteiger partial charge in [-0.25, -0.2) is 0 Å². The van der Waals surface area contributed by atoms with Gasteiger partial charge in [0.1, 0.15) is 0 Å². The normalized spacial score (nSPS) is 35.6. The van der Waals surface area contributed by atoms with Crippen LogP contribution in [0.1, 0.15) is 18.4 Å². The van der Waals surface area contributed by atoms with Crippen LogP contribution < -0.4 is 10.6 Å². The van der Waals surface area contributed by atoms with Crippen molar-refractivity contribution in [2.45, 2.75) is 25.3 Å². The average molecular weight is 270 g/mol. The first-order valence-corrected chi connectivity index (χ1v) is 7.59. The molecule has 0 amide bonds. The number of anilines is 1. The third-order valence-corrected chi connectivity index (χ3v) is 5.44. The van der Waals surface area contributed by atoms with Gasteiger partial charge in [0, 0.05) is 18.8 Å². The van der Waals surface area contributed by atoms with Gasteiger partial charge < -0.3 is 15.5 Å². The van der Waals surface area contributed by atoms with E-state index in [0.717, 1.165) is 6.54 Å². The second-order valence-electron chi connectivity index (χ2n) is 6.44. The van der Waals surface area contributed by atoms with Crippen LogP contribution in [0.25, 0.3) is 0 Å². The Balaban J connectivity index is 1.79. The molecule has 1 aromatic carbocycles. The molecule has 2 saturated heterocycles. The third kappa shape index (κ3) is 1.54. The minimum Gasteiger partial charge on any atom is -0.369 e. The van der Waals surface area contributed by atoms with Gasteiger partial charge in [-0.3, -0.25) is 4.99 Å². The molecule has 0 saturated carbocycles. The number of benzene rings is 1. The number of rotatable bonds is 1. The molecule has 2 fully saturated rings. The molecule has 106 valence electrons. The summed E-state index contributed by atoms with van der Waals surface area (Å²) in [5.74, 6) is 1.40. The summed E-state index contributed by atoms with van der Waals surface area (Å²) in [6, 6.07) is 8.54. The number of piperidine rings is 1. The molecule has 4 nitrogen and oxygen atoms in total. The summed E-state index contributed by atoms with van der Waals surface area (Å²) < 4.78 is 0. The zero-order chi connectivity index (χ0) is 13.7. The Morgan fingerprint density at radius 3 is 3.00 bits per heavy atom. The molecule has 3 aliphatic heterocycles. The number of para-hydroxylation sites is 1. The summed E-state index contributed by atoms with van der Waals surface area (Å²) in [6.07, 6.45) is 2.46. The summed E-state index contributed by atoms with van der Waals surface area (Å²) in [6.45, 7) is 6.67. The second-order valence-corrected chi connectivity index (χ2v) is 6.44. The Morgan fingerprint density at radius 1 is 1.30 bits per heavy atom. The average Bonchev–Trinajstić information content (AvgIpc) is 2.99. The molecule has 3 atom stereocenters. The number of nitrogens with two attached hydrogens (primary N) is 1. The first kappa shape index (κ1) is 12.2. The van der Waals surface area contributed by atoms with Gasteiger partial charge in [0.05, 0.1) is 12.1 Å². The van der Waals surface area contributed by atoms with Crippen LogP contribution in [0.5, 0.6) is 0 Å². The number of fused-ring (bicyclic) bond motifs is 3. The number of aryl methyl sites for hydroxylation is 1. The minimum absolute atomic E-state index is 0.128. The maximum absolute atomic E-state index is 6.28. The van der Waals surface area contributed by atoms with Crippen molar-refractivity contribution in [1.82, 2.24) is 4.90 Å². The molecule has 0 radical (unpaired) electrons. The number of guanidine groups is 1. The van der Waals surface area contributed by atoms with E-state index < -0.39 is 0 Å². The molecule has 0 aliphatic carbocycles. The van der Waals surface area contributed by atoms with Crippen LogP contribution in [0.4, 0.5) is 5.69 Å². The number of aliphatic imine (C=N–C) groups is 1. The van der Waals surface area contributed by atoms with E-state index in [2.05, 4.69) is 46.0 Å². The zero-order valence-electron chi connectivity index (χ0n) is 12.0. The van der Waals surface area contributed by atoms with Gasteiger partial charge in [0.2, 0.25) is 0 Å². The lowest BCUT2D eigenvalue weighted by Gasteiger charge is -2.47. The van der Waals surface area contributed by atoms with Crippen molar-refractivity contribution in [3.63, 3.8) is 0 Å². The summed E-state index contributed by atoms with van der Waals surface area (Å²) in [4.78, 5) is 9.57. The van der Waals surface area contributed by atoms with Gasteiger partial charge >= 0.3 is 0 Å². The fraction of sp³-hybridized carbons (Fsp3) is 0.562. The monoisotopic (exact) mass is 270 g/mol. The van der Waals surface area contributed by atoms with Crippen molar-refractivity contribution >= 4 is 11.6 Å². The van der Waals surface area contributed by atoms with Gasteiger partial charge in [-0.1, -0.05) is 18.2 Å². The maximum atomic E-state index is 6.28. The molecule has 4 heteroatoms. The Labute approximate surface area is 120 Å². The lowest BCUT2D eigenvalue weighted by Crippen LogP contribution is -2.60. The molecule has 20 heavy (non-hydrogen) atoms. The van der Waals surface area contributed by atoms with E-state index in [-0.39, 0.29) is 5.54 Å². The lowest BCUT2D eigenvalue weighted by atomic mass is 9.77. The highest BCUT2D eigenvalue weighted by atomic mass is 15.4. The predicted molar refractivity (Wildman–Crippen MR) is 82.0 cm³/mol. The highest BCUT2D eigenvalue weighted by Crippen LogP contribution is 2.45. The zero-order valence-corrected chi connectivity index (χ0v) is 12.0. The fourth-order valence-corrected chi connectivity index (χ4v) is 4.30. The van der Waals surface area contributed by atoms with Crippen LogP contribution in [-0.2, 0) is 0 Å². The van der Waals surface area contributed by atoms with Crippen molar-refractivity contribution in [2.24, 2.45) is 16.6 Å². The molecule has 4 rings (SSSR count). The largest absolute Gasteiger partial charge is 0.369 e. The van der Waals surface area contributed by atoms with Gasteiger partial charge in [-0.2, -0.15) is 0 Å². The van der Waals surface area contributed by atoms with Crippen LogP contribution in [0.2, 0.25) is 0 Å². The highest BCUT2D eigenvalue weighted by molar-refractivity contribution is 5.99. The van der Waals surface area contributed by atoms with Crippen LogP contribution >= 0.6 is 0 Å². The van der Waals surface area contributed by atoms with E-state index in [1.807, 2.05) is 0 Å². The van der Waals surface area contributed by atoms with E-state index in [4.69, 9.17) is 5.73 Å². The molecule has 3 heterocycles. The Hall–Kier alpha value is -1.55. The Bertz CT molecular complexity index is 567. The molecule has 3 unspecified atom stereocenters. The summed E-state index contributed by atoms with van der Waals surface area (Å²) in [5, 5.41) is 0. The standard InChI is InChI=1S/C16H22N4/c1-12-4-2-3-5-14(12)20-15(17)18-11-16(20)7-9-19-8-6-13(16)10-19/h2-5,13H,6-11H2,1H3,(H2,17,18). The SMILES string of the molecule is Cc1ccccc1N1C(N)=NCC12CCN1CCC2C1. The van der Waals surface area contributed by atoms with Gasteiger partial charge in [-0.05, 0) is 43.9 Å². The van der Waals surface area contributed by atoms with Crippen molar-refractivity contribution in [1.29, 1.82) is 0 Å². The summed E-state index contributed by atoms with van der Waals surface area (Å²) >= 11 is 0. The third-order valence-electron chi connectivity index (χ3n) is 5.44. The Kier molecular flexibility index (Phi) is 2.58. The van der Waals surface area contributed by atoms with Crippen LogP contribution in [0.15, 0.2) is 29.3 Å². The van der Waals surface area contributed by atoms with Crippen LogP contribution in [-0.4, -0.2) is 42.6 Å². The number of hydrogen-bond acceptors (Lipinski definition) is 4. The summed E-state index contributed by atoms with van der Waals surface area (Å²) in [5.41, 5.74) is 8.93. The topological polar surface area (TPSA) is 44.9 Å². The predicted octanol–water partition coefficient (Wildman–Crippen LogP) is 1.59. The molecule has 2 bridgehead atoms. The lowest BCUT2D eigenvalue weighted by molar-refractivity contribution is 0.182. The van der Waals surface area contributed by atoms with Crippen molar-refractivity contribution in [2.75, 3.05) is 31.1 Å². The highest BCUT2D eigenvalue weighted by Gasteiger charge is 2.53. The van der Waals surface area contributed by atoms with Gasteiger partial charge in [0.15, 0.2) is 5.96 Å². The van der Waals surface area contributed by atoms with E-state index in [9.17, 15) is 0 Å². The first-order valence-electron chi connectivity index (χ1n) is 7.59. The van der Waals surface area contributed by atoms with Gasteiger partial charge in [0.25, 0.3) is 0 Å². The number of hydrogen-bond donors (Lipinski definition) is 1. The van der Waals surface area contributed by atoms with E-state index in [0.29, 0.717) is 11.9 Å². The Morgan fingerprint density at radius 2 is 2.15 bits per heavy atom.